The Hall–Kier alpha value is -2.06. The van der Waals surface area contributed by atoms with Crippen molar-refractivity contribution in [3.63, 3.8) is 0 Å². The minimum absolute atomic E-state index is 0.251. The van der Waals surface area contributed by atoms with Gasteiger partial charge in [0.25, 0.3) is 5.91 Å². The largest absolute Gasteiger partial charge is 0.408 e. The Morgan fingerprint density at radius 3 is 3.05 bits per heavy atom. The highest BCUT2D eigenvalue weighted by atomic mass is 19.4. The molecule has 6 nitrogen and oxygen atoms in total. The van der Waals surface area contributed by atoms with Crippen molar-refractivity contribution in [3.8, 4) is 0 Å². The summed E-state index contributed by atoms with van der Waals surface area (Å²) < 4.78 is 37.4. The van der Waals surface area contributed by atoms with Gasteiger partial charge in [0, 0.05) is 19.1 Å². The molecule has 2 aliphatic heterocycles. The summed E-state index contributed by atoms with van der Waals surface area (Å²) in [6.45, 7) is 2.63. The van der Waals surface area contributed by atoms with Gasteiger partial charge in [0.2, 0.25) is 5.82 Å². The van der Waals surface area contributed by atoms with E-state index in [0.717, 1.165) is 38.5 Å². The zero-order valence-corrected chi connectivity index (χ0v) is 11.9. The number of carbonyl (C=O) groups excluding carboxylic acids is 1. The lowest BCUT2D eigenvalue weighted by atomic mass is 10.0. The van der Waals surface area contributed by atoms with Gasteiger partial charge in [-0.05, 0) is 19.8 Å². The molecular formula is C13H16F3N5O. The molecule has 0 radical (unpaired) electrons. The van der Waals surface area contributed by atoms with E-state index in [1.165, 1.54) is 6.20 Å². The highest BCUT2D eigenvalue weighted by Gasteiger charge is 2.38. The maximum atomic E-state index is 12.5. The number of nitrogens with zero attached hydrogens (tertiary/aromatic N) is 3. The number of amides is 1. The Balaban J connectivity index is 1.79. The van der Waals surface area contributed by atoms with Gasteiger partial charge in [0.15, 0.2) is 5.82 Å². The van der Waals surface area contributed by atoms with E-state index in [1.54, 1.807) is 0 Å². The SMILES string of the molecule is CC(NC(=O)c1ncc2c(n1)N[C@H]1CCCN2C1)C(F)(F)F. The molecular weight excluding hydrogens is 299 g/mol. The van der Waals surface area contributed by atoms with E-state index < -0.39 is 18.1 Å². The number of piperidine rings is 1. The predicted molar refractivity (Wildman–Crippen MR) is 73.9 cm³/mol. The third kappa shape index (κ3) is 2.79. The number of hydrogen-bond acceptors (Lipinski definition) is 5. The zero-order valence-electron chi connectivity index (χ0n) is 11.9. The van der Waals surface area contributed by atoms with Crippen LogP contribution in [0.25, 0.3) is 0 Å². The zero-order chi connectivity index (χ0) is 15.9. The number of carbonyl (C=O) groups is 1. The second-order valence-corrected chi connectivity index (χ2v) is 5.59. The molecule has 1 aromatic rings. The van der Waals surface area contributed by atoms with Gasteiger partial charge in [0.1, 0.15) is 6.04 Å². The van der Waals surface area contributed by atoms with Crippen LogP contribution >= 0.6 is 0 Å². The molecule has 2 aliphatic rings. The maximum absolute atomic E-state index is 12.5. The maximum Gasteiger partial charge on any atom is 0.408 e. The first kappa shape index (κ1) is 14.9. The van der Waals surface area contributed by atoms with Crippen molar-refractivity contribution >= 4 is 17.4 Å². The summed E-state index contributed by atoms with van der Waals surface area (Å²) in [4.78, 5) is 22.0. The number of aromatic nitrogens is 2. The highest BCUT2D eigenvalue weighted by molar-refractivity contribution is 5.91. The summed E-state index contributed by atoms with van der Waals surface area (Å²) in [6.07, 6.45) is -0.941. The summed E-state index contributed by atoms with van der Waals surface area (Å²) >= 11 is 0. The van der Waals surface area contributed by atoms with Crippen molar-refractivity contribution in [2.75, 3.05) is 23.3 Å². The number of hydrogen-bond donors (Lipinski definition) is 2. The average molecular weight is 315 g/mol. The van der Waals surface area contributed by atoms with Gasteiger partial charge in [-0.15, -0.1) is 0 Å². The smallest absolute Gasteiger partial charge is 0.365 e. The molecule has 3 rings (SSSR count). The fourth-order valence-corrected chi connectivity index (χ4v) is 2.67. The van der Waals surface area contributed by atoms with Crippen molar-refractivity contribution in [1.82, 2.24) is 15.3 Å². The van der Waals surface area contributed by atoms with Crippen LogP contribution < -0.4 is 15.5 Å². The van der Waals surface area contributed by atoms with Crippen LogP contribution in [0.3, 0.4) is 0 Å². The fraction of sp³-hybridized carbons (Fsp3) is 0.615. The molecule has 1 saturated heterocycles. The molecule has 1 fully saturated rings. The van der Waals surface area contributed by atoms with Gasteiger partial charge in [-0.2, -0.15) is 13.2 Å². The summed E-state index contributed by atoms with van der Waals surface area (Å²) in [5, 5.41) is 5.08. The van der Waals surface area contributed by atoms with E-state index >= 15 is 0 Å². The van der Waals surface area contributed by atoms with Crippen LogP contribution in [0.15, 0.2) is 6.20 Å². The van der Waals surface area contributed by atoms with Gasteiger partial charge < -0.3 is 15.5 Å². The van der Waals surface area contributed by atoms with E-state index in [9.17, 15) is 18.0 Å². The van der Waals surface area contributed by atoms with Crippen LogP contribution in [0.2, 0.25) is 0 Å². The summed E-state index contributed by atoms with van der Waals surface area (Å²) in [5.74, 6) is -0.681. The van der Waals surface area contributed by atoms with Crippen LogP contribution in [0.5, 0.6) is 0 Å². The number of anilines is 2. The first-order valence-electron chi connectivity index (χ1n) is 7.10. The first-order chi connectivity index (χ1) is 10.3. The standard InChI is InChI=1S/C13H16F3N5O/c1-7(13(14,15)16)18-12(22)11-17-5-9-10(20-11)19-8-3-2-4-21(9)6-8/h5,7-8H,2-4,6H2,1H3,(H,18,22)(H,17,19,20)/t7?,8-/m0/s1. The summed E-state index contributed by atoms with van der Waals surface area (Å²) in [6, 6.07) is -1.70. The number of halogens is 3. The van der Waals surface area contributed by atoms with Crippen molar-refractivity contribution in [1.29, 1.82) is 0 Å². The molecule has 0 aromatic carbocycles. The van der Waals surface area contributed by atoms with Gasteiger partial charge >= 0.3 is 6.18 Å². The van der Waals surface area contributed by atoms with Gasteiger partial charge in [0.05, 0.1) is 11.9 Å². The molecule has 0 saturated carbocycles. The molecule has 2 atom stereocenters. The predicted octanol–water partition coefficient (Wildman–Crippen LogP) is 1.55. The van der Waals surface area contributed by atoms with Gasteiger partial charge in [-0.25, -0.2) is 9.97 Å². The average Bonchev–Trinajstić information content (AvgIpc) is 2.45. The van der Waals surface area contributed by atoms with Crippen LogP contribution in [-0.4, -0.2) is 47.2 Å². The molecule has 1 unspecified atom stereocenters. The monoisotopic (exact) mass is 315 g/mol. The molecule has 2 N–H and O–H groups in total. The van der Waals surface area contributed by atoms with E-state index in [4.69, 9.17) is 0 Å². The third-order valence-corrected chi connectivity index (χ3v) is 3.91. The van der Waals surface area contributed by atoms with Gasteiger partial charge in [-0.3, -0.25) is 4.79 Å². The number of fused-ring (bicyclic) bond motifs is 4. The number of alkyl halides is 3. The second-order valence-electron chi connectivity index (χ2n) is 5.59. The minimum atomic E-state index is -4.50. The quantitative estimate of drug-likeness (QED) is 0.866. The van der Waals surface area contributed by atoms with Crippen molar-refractivity contribution in [2.45, 2.75) is 38.0 Å². The Kier molecular flexibility index (Phi) is 3.57. The Bertz CT molecular complexity index is 592. The summed E-state index contributed by atoms with van der Waals surface area (Å²) in [5.41, 5.74) is 0.788. The molecule has 1 amide bonds. The molecule has 9 heteroatoms. The molecule has 0 spiro atoms. The normalized spacial score (nSPS) is 21.6. The molecule has 3 heterocycles. The topological polar surface area (TPSA) is 70.1 Å². The number of rotatable bonds is 2. The first-order valence-corrected chi connectivity index (χ1v) is 7.10. The Labute approximate surface area is 125 Å². The molecule has 1 aromatic heterocycles. The van der Waals surface area contributed by atoms with Crippen LogP contribution in [0, 0.1) is 0 Å². The van der Waals surface area contributed by atoms with E-state index in [0.29, 0.717) is 5.82 Å². The molecule has 0 aliphatic carbocycles. The van der Waals surface area contributed by atoms with Gasteiger partial charge in [-0.1, -0.05) is 0 Å². The molecule has 120 valence electrons. The highest BCUT2D eigenvalue weighted by Crippen LogP contribution is 2.32. The van der Waals surface area contributed by atoms with E-state index in [-0.39, 0.29) is 11.9 Å². The van der Waals surface area contributed by atoms with E-state index in [1.807, 2.05) is 5.32 Å². The van der Waals surface area contributed by atoms with E-state index in [2.05, 4.69) is 20.2 Å². The third-order valence-electron chi connectivity index (χ3n) is 3.91. The van der Waals surface area contributed by atoms with Crippen molar-refractivity contribution in [2.24, 2.45) is 0 Å². The van der Waals surface area contributed by atoms with Crippen molar-refractivity contribution in [3.05, 3.63) is 12.0 Å². The minimum Gasteiger partial charge on any atom is -0.365 e. The number of nitrogens with one attached hydrogen (secondary N) is 2. The van der Waals surface area contributed by atoms with Crippen LogP contribution in [0.1, 0.15) is 30.4 Å². The van der Waals surface area contributed by atoms with Crippen LogP contribution in [-0.2, 0) is 0 Å². The summed E-state index contributed by atoms with van der Waals surface area (Å²) in [7, 11) is 0. The second kappa shape index (κ2) is 5.29. The van der Waals surface area contributed by atoms with Crippen molar-refractivity contribution < 1.29 is 18.0 Å². The lowest BCUT2D eigenvalue weighted by Crippen LogP contribution is -2.47. The Morgan fingerprint density at radius 1 is 1.55 bits per heavy atom. The molecule has 2 bridgehead atoms. The lowest BCUT2D eigenvalue weighted by Gasteiger charge is -2.40. The van der Waals surface area contributed by atoms with Crippen LogP contribution in [0.4, 0.5) is 24.7 Å². The fourth-order valence-electron chi connectivity index (χ4n) is 2.67. The Morgan fingerprint density at radius 2 is 2.32 bits per heavy atom. The lowest BCUT2D eigenvalue weighted by molar-refractivity contribution is -0.149. The molecule has 22 heavy (non-hydrogen) atoms.